The molecule has 4 nitrogen and oxygen atoms in total. The fourth-order valence-electron chi connectivity index (χ4n) is 0.321. The van der Waals surface area contributed by atoms with Crippen LogP contribution in [0.3, 0.4) is 0 Å². The lowest BCUT2D eigenvalue weighted by Gasteiger charge is -2.19. The molecule has 0 saturated heterocycles. The predicted molar refractivity (Wildman–Crippen MR) is 31.2 cm³/mol. The molecule has 0 saturated carbocycles. The molecule has 0 amide bonds. The predicted octanol–water partition coefficient (Wildman–Crippen LogP) is -0.436. The van der Waals surface area contributed by atoms with Gasteiger partial charge in [-0.2, -0.15) is 0 Å². The Bertz CT molecular complexity index is 111. The van der Waals surface area contributed by atoms with Gasteiger partial charge < -0.3 is 9.84 Å². The highest BCUT2D eigenvalue weighted by Crippen LogP contribution is 2.02. The topological polar surface area (TPSA) is 72.6 Å². The summed E-state index contributed by atoms with van der Waals surface area (Å²) in [6, 6.07) is 0. The van der Waals surface area contributed by atoms with Crippen LogP contribution in [-0.4, -0.2) is 17.0 Å². The number of aliphatic hydroxyl groups is 1. The van der Waals surface area contributed by atoms with Crippen LogP contribution in [0.4, 0.5) is 0 Å². The maximum Gasteiger partial charge on any atom is 0.306 e. The van der Waals surface area contributed by atoms with Crippen LogP contribution in [-0.2, 0) is 9.53 Å². The van der Waals surface area contributed by atoms with Crippen LogP contribution in [0.1, 0.15) is 20.3 Å². The number of ether oxygens (including phenoxy) is 1. The second kappa shape index (κ2) is 2.80. The summed E-state index contributed by atoms with van der Waals surface area (Å²) >= 11 is 0. The van der Waals surface area contributed by atoms with E-state index in [1.54, 1.807) is 6.92 Å². The summed E-state index contributed by atoms with van der Waals surface area (Å²) < 4.78 is 4.28. The van der Waals surface area contributed by atoms with Crippen LogP contribution in [0.25, 0.3) is 0 Å². The lowest BCUT2D eigenvalue weighted by molar-refractivity contribution is -0.205. The minimum Gasteiger partial charge on any atom is -0.419 e. The number of hydrogen-bond acceptors (Lipinski definition) is 4. The Morgan fingerprint density at radius 3 is 2.44 bits per heavy atom. The molecule has 0 aliphatic rings. The van der Waals surface area contributed by atoms with Crippen LogP contribution in [0.5, 0.6) is 0 Å². The molecule has 3 N–H and O–H groups in total. The van der Waals surface area contributed by atoms with E-state index in [2.05, 4.69) is 4.74 Å². The summed E-state index contributed by atoms with van der Waals surface area (Å²) in [4.78, 5) is 10.2. The van der Waals surface area contributed by atoms with E-state index in [9.17, 15) is 4.79 Å². The fourth-order valence-corrected chi connectivity index (χ4v) is 0.321. The zero-order chi connectivity index (χ0) is 7.49. The molecule has 0 radical (unpaired) electrons. The fraction of sp³-hybridized carbons (Fsp3) is 0.800. The first-order chi connectivity index (χ1) is 3.98. The van der Waals surface area contributed by atoms with Gasteiger partial charge in [-0.25, -0.2) is 0 Å². The summed E-state index contributed by atoms with van der Waals surface area (Å²) in [6.45, 7) is 2.80. The third-order valence-corrected chi connectivity index (χ3v) is 0.827. The van der Waals surface area contributed by atoms with Crippen LogP contribution in [0, 0.1) is 0 Å². The lowest BCUT2D eigenvalue weighted by Crippen LogP contribution is -2.43. The van der Waals surface area contributed by atoms with E-state index in [1.807, 2.05) is 0 Å². The van der Waals surface area contributed by atoms with E-state index in [-0.39, 0.29) is 6.42 Å². The van der Waals surface area contributed by atoms with E-state index in [4.69, 9.17) is 10.8 Å². The number of rotatable bonds is 2. The average molecular weight is 133 g/mol. The van der Waals surface area contributed by atoms with Gasteiger partial charge in [-0.05, 0) is 0 Å². The molecule has 0 aromatic carbocycles. The van der Waals surface area contributed by atoms with Crippen molar-refractivity contribution in [1.82, 2.24) is 0 Å². The quantitative estimate of drug-likeness (QED) is 0.396. The highest BCUT2D eigenvalue weighted by Gasteiger charge is 2.20. The molecule has 0 rings (SSSR count). The van der Waals surface area contributed by atoms with Crippen molar-refractivity contribution in [3.8, 4) is 0 Å². The van der Waals surface area contributed by atoms with Gasteiger partial charge in [-0.3, -0.25) is 10.5 Å². The van der Waals surface area contributed by atoms with Crippen molar-refractivity contribution < 1.29 is 14.6 Å². The third kappa shape index (κ3) is 3.93. The molecule has 0 aromatic heterocycles. The lowest BCUT2D eigenvalue weighted by atomic mass is 10.4. The summed E-state index contributed by atoms with van der Waals surface area (Å²) in [5.74, 6) is -2.37. The zero-order valence-electron chi connectivity index (χ0n) is 5.55. The Hall–Kier alpha value is -0.610. The molecule has 0 fully saturated rings. The molecule has 1 unspecified atom stereocenters. The Kier molecular flexibility index (Phi) is 2.61. The third-order valence-electron chi connectivity index (χ3n) is 0.827. The van der Waals surface area contributed by atoms with E-state index in [1.165, 1.54) is 6.92 Å². The number of hydrogen-bond donors (Lipinski definition) is 2. The molecule has 0 aromatic rings. The summed E-state index contributed by atoms with van der Waals surface area (Å²) in [5.41, 5.74) is 5.03. The number of nitrogens with two attached hydrogens (primary N) is 1. The standard InChI is InChI=1S/C5H11NO3/c1-3-5(6,8)9-4(2)7/h8H,3,6H2,1-2H3. The monoisotopic (exact) mass is 133 g/mol. The highest BCUT2D eigenvalue weighted by molar-refractivity contribution is 5.66. The van der Waals surface area contributed by atoms with Crippen molar-refractivity contribution in [2.45, 2.75) is 26.2 Å². The van der Waals surface area contributed by atoms with E-state index >= 15 is 0 Å². The number of carbonyl (C=O) groups is 1. The van der Waals surface area contributed by atoms with Crippen LogP contribution in [0.15, 0.2) is 0 Å². The summed E-state index contributed by atoms with van der Waals surface area (Å²) in [7, 11) is 0. The van der Waals surface area contributed by atoms with Crippen molar-refractivity contribution in [1.29, 1.82) is 0 Å². The van der Waals surface area contributed by atoms with Crippen LogP contribution in [0.2, 0.25) is 0 Å². The summed E-state index contributed by atoms with van der Waals surface area (Å²) in [6.07, 6.45) is 0.187. The van der Waals surface area contributed by atoms with Crippen molar-refractivity contribution >= 4 is 5.97 Å². The smallest absolute Gasteiger partial charge is 0.306 e. The van der Waals surface area contributed by atoms with Gasteiger partial charge in [0, 0.05) is 13.3 Å². The molecule has 0 aliphatic carbocycles. The van der Waals surface area contributed by atoms with Crippen molar-refractivity contribution in [3.05, 3.63) is 0 Å². The van der Waals surface area contributed by atoms with Gasteiger partial charge in [0.25, 0.3) is 5.91 Å². The van der Waals surface area contributed by atoms with E-state index in [0.29, 0.717) is 0 Å². The van der Waals surface area contributed by atoms with Crippen molar-refractivity contribution in [2.75, 3.05) is 0 Å². The average Bonchev–Trinajstić information content (AvgIpc) is 1.63. The highest BCUT2D eigenvalue weighted by atomic mass is 16.7. The van der Waals surface area contributed by atoms with Crippen LogP contribution >= 0.6 is 0 Å². The molecule has 1 atom stereocenters. The molecule has 9 heavy (non-hydrogen) atoms. The van der Waals surface area contributed by atoms with Gasteiger partial charge >= 0.3 is 5.97 Å². The molecule has 4 heteroatoms. The van der Waals surface area contributed by atoms with Gasteiger partial charge in [0.2, 0.25) is 0 Å². The van der Waals surface area contributed by atoms with Crippen molar-refractivity contribution in [2.24, 2.45) is 5.73 Å². The van der Waals surface area contributed by atoms with Gasteiger partial charge in [0.1, 0.15) is 0 Å². The van der Waals surface area contributed by atoms with Gasteiger partial charge in [-0.1, -0.05) is 6.92 Å². The minimum atomic E-state index is -1.79. The Labute approximate surface area is 53.6 Å². The molecule has 54 valence electrons. The van der Waals surface area contributed by atoms with Gasteiger partial charge in [0.05, 0.1) is 0 Å². The first-order valence-electron chi connectivity index (χ1n) is 2.69. The molecule has 0 bridgehead atoms. The Morgan fingerprint density at radius 2 is 2.33 bits per heavy atom. The molecular weight excluding hydrogens is 122 g/mol. The first-order valence-corrected chi connectivity index (χ1v) is 2.69. The summed E-state index contributed by atoms with van der Waals surface area (Å²) in [5, 5.41) is 8.83. The van der Waals surface area contributed by atoms with E-state index in [0.717, 1.165) is 0 Å². The van der Waals surface area contributed by atoms with Gasteiger partial charge in [0.15, 0.2) is 0 Å². The second-order valence-electron chi connectivity index (χ2n) is 1.79. The van der Waals surface area contributed by atoms with Gasteiger partial charge in [-0.15, -0.1) is 0 Å². The maximum atomic E-state index is 10.2. The van der Waals surface area contributed by atoms with E-state index < -0.39 is 11.9 Å². The largest absolute Gasteiger partial charge is 0.419 e. The molecule has 0 aliphatic heterocycles. The molecular formula is C5H11NO3. The zero-order valence-corrected chi connectivity index (χ0v) is 5.55. The Balaban J connectivity index is 3.71. The Morgan fingerprint density at radius 1 is 1.89 bits per heavy atom. The number of carbonyl (C=O) groups excluding carboxylic acids is 1. The molecule has 0 spiro atoms. The van der Waals surface area contributed by atoms with Crippen LogP contribution < -0.4 is 5.73 Å². The minimum absolute atomic E-state index is 0.187. The van der Waals surface area contributed by atoms with Crippen molar-refractivity contribution in [3.63, 3.8) is 0 Å². The molecule has 0 heterocycles. The number of esters is 1. The SMILES string of the molecule is CCC(N)(O)OC(C)=O. The maximum absolute atomic E-state index is 10.2. The first kappa shape index (κ1) is 8.39. The second-order valence-corrected chi connectivity index (χ2v) is 1.79. The normalized spacial score (nSPS) is 16.4.